The first-order valence-corrected chi connectivity index (χ1v) is 10.4. The van der Waals surface area contributed by atoms with Gasteiger partial charge in [-0.15, -0.1) is 0 Å². The molecule has 0 saturated carbocycles. The lowest BCUT2D eigenvalue weighted by molar-refractivity contribution is -0.113. The van der Waals surface area contributed by atoms with E-state index in [9.17, 15) is 4.79 Å². The molecule has 2 N–H and O–H groups in total. The van der Waals surface area contributed by atoms with Crippen molar-refractivity contribution < 1.29 is 4.79 Å². The quantitative estimate of drug-likeness (QED) is 0.166. The van der Waals surface area contributed by atoms with Gasteiger partial charge in [-0.3, -0.25) is 4.79 Å². The molecule has 0 rings (SSSR count). The molecule has 0 saturated heterocycles. The van der Waals surface area contributed by atoms with Crippen LogP contribution in [0, 0.1) is 0 Å². The van der Waals surface area contributed by atoms with E-state index < -0.39 is 0 Å². The van der Waals surface area contributed by atoms with E-state index in [2.05, 4.69) is 13.0 Å². The summed E-state index contributed by atoms with van der Waals surface area (Å²) in [4.78, 5) is 10.5. The fraction of sp³-hybridized carbons (Fsp3) is 0.773. The van der Waals surface area contributed by atoms with E-state index in [4.69, 9.17) is 5.73 Å². The number of nitrogens with two attached hydrogens (primary N) is 1. The van der Waals surface area contributed by atoms with Gasteiger partial charge in [0.25, 0.3) is 0 Å². The van der Waals surface area contributed by atoms with E-state index in [1.807, 2.05) is 6.08 Å². The highest BCUT2D eigenvalue weighted by atomic mass is 16.1. The zero-order valence-corrected chi connectivity index (χ0v) is 16.1. The Morgan fingerprint density at radius 2 is 1.08 bits per heavy atom. The Bertz CT molecular complexity index is 320. The number of hydrogen-bond donors (Lipinski definition) is 1. The third kappa shape index (κ3) is 20.9. The van der Waals surface area contributed by atoms with Crippen LogP contribution in [0.15, 0.2) is 24.3 Å². The average Bonchev–Trinajstić information content (AvgIpc) is 2.56. The zero-order chi connectivity index (χ0) is 17.7. The molecule has 0 radical (unpaired) electrons. The van der Waals surface area contributed by atoms with Crippen LogP contribution < -0.4 is 5.73 Å². The van der Waals surface area contributed by atoms with Gasteiger partial charge in [0.15, 0.2) is 0 Å². The lowest BCUT2D eigenvalue weighted by Gasteiger charge is -2.03. The summed E-state index contributed by atoms with van der Waals surface area (Å²) < 4.78 is 0. The Morgan fingerprint density at radius 3 is 1.50 bits per heavy atom. The van der Waals surface area contributed by atoms with Crippen molar-refractivity contribution in [3.8, 4) is 0 Å². The maximum atomic E-state index is 10.5. The highest BCUT2D eigenvalue weighted by Crippen LogP contribution is 2.13. The molecule has 0 aliphatic heterocycles. The molecule has 0 fully saturated rings. The molecule has 0 aliphatic rings. The van der Waals surface area contributed by atoms with E-state index in [1.54, 1.807) is 6.08 Å². The van der Waals surface area contributed by atoms with Crippen LogP contribution in [-0.4, -0.2) is 5.91 Å². The summed E-state index contributed by atoms with van der Waals surface area (Å²) in [7, 11) is 0. The summed E-state index contributed by atoms with van der Waals surface area (Å²) in [5.74, 6) is -0.383. The van der Waals surface area contributed by atoms with Gasteiger partial charge in [0, 0.05) is 6.08 Å². The normalized spacial score (nSPS) is 11.7. The van der Waals surface area contributed by atoms with E-state index in [0.717, 1.165) is 6.42 Å². The highest BCUT2D eigenvalue weighted by Gasteiger charge is 1.94. The van der Waals surface area contributed by atoms with Crippen LogP contribution in [0.1, 0.15) is 110 Å². The molecule has 0 unspecified atom stereocenters. The smallest absolute Gasteiger partial charge is 0.241 e. The number of carbonyl (C=O) groups is 1. The average molecular weight is 336 g/mol. The summed E-state index contributed by atoms with van der Waals surface area (Å²) in [5, 5.41) is 0. The van der Waals surface area contributed by atoms with Gasteiger partial charge in [0.05, 0.1) is 0 Å². The van der Waals surface area contributed by atoms with Crippen LogP contribution in [0.5, 0.6) is 0 Å². The molecule has 1 amide bonds. The molecule has 0 aromatic rings. The van der Waals surface area contributed by atoms with Crippen molar-refractivity contribution in [2.45, 2.75) is 110 Å². The second-order valence-electron chi connectivity index (χ2n) is 6.93. The summed E-state index contributed by atoms with van der Waals surface area (Å²) in [6.07, 6.45) is 29.3. The minimum absolute atomic E-state index is 0.383. The third-order valence-electron chi connectivity index (χ3n) is 4.48. The summed E-state index contributed by atoms with van der Waals surface area (Å²) in [5.41, 5.74) is 5.01. The topological polar surface area (TPSA) is 43.1 Å². The van der Waals surface area contributed by atoms with Crippen LogP contribution in [0.3, 0.4) is 0 Å². The second-order valence-corrected chi connectivity index (χ2v) is 6.93. The van der Waals surface area contributed by atoms with Crippen LogP contribution in [-0.2, 0) is 4.79 Å². The summed E-state index contributed by atoms with van der Waals surface area (Å²) >= 11 is 0. The molecule has 0 bridgehead atoms. The minimum atomic E-state index is -0.383. The lowest BCUT2D eigenvalue weighted by atomic mass is 10.0. The molecule has 140 valence electrons. The molecule has 0 aromatic heterocycles. The van der Waals surface area contributed by atoms with Gasteiger partial charge in [-0.25, -0.2) is 0 Å². The Balaban J connectivity index is 3.09. The number of hydrogen-bond acceptors (Lipinski definition) is 1. The summed E-state index contributed by atoms with van der Waals surface area (Å²) in [6.45, 7) is 2.28. The Morgan fingerprint density at radius 1 is 0.667 bits per heavy atom. The number of amides is 1. The Kier molecular flexibility index (Phi) is 19.1. The first kappa shape index (κ1) is 22.9. The summed E-state index contributed by atoms with van der Waals surface area (Å²) in [6, 6.07) is 0. The van der Waals surface area contributed by atoms with E-state index in [0.29, 0.717) is 0 Å². The third-order valence-corrected chi connectivity index (χ3v) is 4.48. The molecule has 2 heteroatoms. The van der Waals surface area contributed by atoms with Crippen molar-refractivity contribution in [1.82, 2.24) is 0 Å². The standard InChI is InChI=1S/C22H41NO/c1-2-3-4-5-6-7-8-9-10-11-12-13-14-15-16-17-18-19-20-21-22(23)24/h18-21H,2-17H2,1H3,(H2,23,24)/b19-18+,21-20+. The maximum absolute atomic E-state index is 10.5. The largest absolute Gasteiger partial charge is 0.366 e. The van der Waals surface area contributed by atoms with Crippen molar-refractivity contribution in [2.24, 2.45) is 5.73 Å². The van der Waals surface area contributed by atoms with Crippen molar-refractivity contribution in [3.63, 3.8) is 0 Å². The molecule has 0 atom stereocenters. The second kappa shape index (κ2) is 20.0. The first-order chi connectivity index (χ1) is 11.8. The maximum Gasteiger partial charge on any atom is 0.241 e. The first-order valence-electron chi connectivity index (χ1n) is 10.4. The van der Waals surface area contributed by atoms with Gasteiger partial charge >= 0.3 is 0 Å². The lowest BCUT2D eigenvalue weighted by Crippen LogP contribution is -2.04. The van der Waals surface area contributed by atoms with Gasteiger partial charge < -0.3 is 5.73 Å². The number of rotatable bonds is 18. The Labute approximate surface area is 151 Å². The van der Waals surface area contributed by atoms with E-state index in [1.165, 1.54) is 102 Å². The van der Waals surface area contributed by atoms with Crippen LogP contribution in [0.25, 0.3) is 0 Å². The predicted molar refractivity (Wildman–Crippen MR) is 107 cm³/mol. The monoisotopic (exact) mass is 335 g/mol. The number of carbonyl (C=O) groups excluding carboxylic acids is 1. The zero-order valence-electron chi connectivity index (χ0n) is 16.1. The van der Waals surface area contributed by atoms with Crippen molar-refractivity contribution in [3.05, 3.63) is 24.3 Å². The Hall–Kier alpha value is -1.05. The molecule has 0 spiro atoms. The van der Waals surface area contributed by atoms with Gasteiger partial charge in [-0.2, -0.15) is 0 Å². The highest BCUT2D eigenvalue weighted by molar-refractivity contribution is 5.85. The molecule has 24 heavy (non-hydrogen) atoms. The fourth-order valence-corrected chi connectivity index (χ4v) is 2.96. The van der Waals surface area contributed by atoms with Gasteiger partial charge in [0.1, 0.15) is 0 Å². The molecule has 0 aliphatic carbocycles. The van der Waals surface area contributed by atoms with E-state index >= 15 is 0 Å². The molecule has 0 heterocycles. The van der Waals surface area contributed by atoms with Gasteiger partial charge in [-0.05, 0) is 12.8 Å². The van der Waals surface area contributed by atoms with Crippen LogP contribution >= 0.6 is 0 Å². The molecular formula is C22H41NO. The molecule has 0 aromatic carbocycles. The van der Waals surface area contributed by atoms with Gasteiger partial charge in [0.2, 0.25) is 5.91 Å². The predicted octanol–water partition coefficient (Wildman–Crippen LogP) is 6.85. The number of primary amides is 1. The van der Waals surface area contributed by atoms with Crippen molar-refractivity contribution in [2.75, 3.05) is 0 Å². The minimum Gasteiger partial charge on any atom is -0.366 e. The molecular weight excluding hydrogens is 294 g/mol. The number of unbranched alkanes of at least 4 members (excludes halogenated alkanes) is 15. The number of allylic oxidation sites excluding steroid dienone is 3. The SMILES string of the molecule is CCCCCCCCCCCCCCCCC/C=C/C=C/C(N)=O. The van der Waals surface area contributed by atoms with Crippen LogP contribution in [0.4, 0.5) is 0 Å². The van der Waals surface area contributed by atoms with Crippen molar-refractivity contribution >= 4 is 5.91 Å². The van der Waals surface area contributed by atoms with Gasteiger partial charge in [-0.1, -0.05) is 115 Å². The fourth-order valence-electron chi connectivity index (χ4n) is 2.96. The van der Waals surface area contributed by atoms with E-state index in [-0.39, 0.29) is 5.91 Å². The van der Waals surface area contributed by atoms with Crippen molar-refractivity contribution in [1.29, 1.82) is 0 Å². The molecule has 2 nitrogen and oxygen atoms in total. The van der Waals surface area contributed by atoms with Crippen LogP contribution in [0.2, 0.25) is 0 Å².